The van der Waals surface area contributed by atoms with Gasteiger partial charge in [0.25, 0.3) is 0 Å². The molecule has 1 unspecified atom stereocenters. The summed E-state index contributed by atoms with van der Waals surface area (Å²) >= 11 is 1.58. The van der Waals surface area contributed by atoms with Gasteiger partial charge >= 0.3 is 5.97 Å². The van der Waals surface area contributed by atoms with Crippen LogP contribution in [0.3, 0.4) is 0 Å². The van der Waals surface area contributed by atoms with Gasteiger partial charge in [-0.15, -0.1) is 18.3 Å². The number of thioether (sulfide) groups is 1. The molecule has 0 amide bonds. The van der Waals surface area contributed by atoms with Crippen molar-refractivity contribution in [3.63, 3.8) is 0 Å². The van der Waals surface area contributed by atoms with Crippen LogP contribution in [0.1, 0.15) is 20.3 Å². The molecule has 0 N–H and O–H groups in total. The molecule has 0 fully saturated rings. The molecule has 0 aromatic rings. The van der Waals surface area contributed by atoms with Crippen molar-refractivity contribution in [1.29, 1.82) is 0 Å². The van der Waals surface area contributed by atoms with Gasteiger partial charge in [-0.2, -0.15) is 0 Å². The summed E-state index contributed by atoms with van der Waals surface area (Å²) in [6.07, 6.45) is 2.61. The van der Waals surface area contributed by atoms with E-state index < -0.39 is 0 Å². The zero-order valence-corrected chi connectivity index (χ0v) is 8.52. The molecule has 0 radical (unpaired) electrons. The normalized spacial score (nSPS) is 12.2. The molecule has 0 aromatic carbocycles. The van der Waals surface area contributed by atoms with Crippen molar-refractivity contribution in [2.75, 3.05) is 12.4 Å². The SMILES string of the molecule is C=CCSC(CC)C(=O)OCC. The lowest BCUT2D eigenvalue weighted by molar-refractivity contribution is -0.142. The number of esters is 1. The smallest absolute Gasteiger partial charge is 0.319 e. The monoisotopic (exact) mass is 188 g/mol. The molecular weight excluding hydrogens is 172 g/mol. The highest BCUT2D eigenvalue weighted by Crippen LogP contribution is 2.15. The second-order valence-electron chi connectivity index (χ2n) is 2.27. The number of carbonyl (C=O) groups is 1. The maximum Gasteiger partial charge on any atom is 0.319 e. The number of rotatable bonds is 6. The van der Waals surface area contributed by atoms with Gasteiger partial charge in [0, 0.05) is 5.75 Å². The first-order chi connectivity index (χ1) is 5.76. The topological polar surface area (TPSA) is 26.3 Å². The van der Waals surface area contributed by atoms with Crippen LogP contribution >= 0.6 is 11.8 Å². The predicted octanol–water partition coefficient (Wildman–Crippen LogP) is 2.25. The van der Waals surface area contributed by atoms with Gasteiger partial charge in [-0.25, -0.2) is 0 Å². The molecule has 70 valence electrons. The molecule has 2 nitrogen and oxygen atoms in total. The average Bonchev–Trinajstić information content (AvgIpc) is 2.06. The summed E-state index contributed by atoms with van der Waals surface area (Å²) in [5.74, 6) is 0.698. The molecule has 0 spiro atoms. The lowest BCUT2D eigenvalue weighted by Gasteiger charge is -2.11. The minimum atomic E-state index is -0.105. The Bertz CT molecular complexity index is 145. The fraction of sp³-hybridized carbons (Fsp3) is 0.667. The van der Waals surface area contributed by atoms with E-state index in [2.05, 4.69) is 6.58 Å². The molecule has 0 bridgehead atoms. The Labute approximate surface area is 78.4 Å². The lowest BCUT2D eigenvalue weighted by Crippen LogP contribution is -2.19. The van der Waals surface area contributed by atoms with Crippen LogP contribution < -0.4 is 0 Å². The Morgan fingerprint density at radius 2 is 2.33 bits per heavy atom. The highest BCUT2D eigenvalue weighted by Gasteiger charge is 2.16. The fourth-order valence-electron chi connectivity index (χ4n) is 0.772. The largest absolute Gasteiger partial charge is 0.465 e. The van der Waals surface area contributed by atoms with Crippen LogP contribution in [0, 0.1) is 0 Å². The third kappa shape index (κ3) is 4.44. The van der Waals surface area contributed by atoms with Crippen LogP contribution in [0.5, 0.6) is 0 Å². The third-order valence-corrected chi connectivity index (χ3v) is 2.69. The minimum absolute atomic E-state index is 0.0250. The molecule has 0 rings (SSSR count). The summed E-state index contributed by atoms with van der Waals surface area (Å²) in [5.41, 5.74) is 0. The molecular formula is C9H16O2S. The summed E-state index contributed by atoms with van der Waals surface area (Å²) in [7, 11) is 0. The van der Waals surface area contributed by atoms with Crippen molar-refractivity contribution in [3.8, 4) is 0 Å². The number of ether oxygens (including phenoxy) is 1. The number of hydrogen-bond donors (Lipinski definition) is 0. The van der Waals surface area contributed by atoms with E-state index >= 15 is 0 Å². The van der Waals surface area contributed by atoms with Gasteiger partial charge in [-0.05, 0) is 13.3 Å². The van der Waals surface area contributed by atoms with E-state index in [9.17, 15) is 4.79 Å². The first-order valence-corrected chi connectivity index (χ1v) is 5.20. The minimum Gasteiger partial charge on any atom is -0.465 e. The van der Waals surface area contributed by atoms with Crippen molar-refractivity contribution < 1.29 is 9.53 Å². The molecule has 0 aliphatic heterocycles. The van der Waals surface area contributed by atoms with Crippen molar-refractivity contribution in [2.45, 2.75) is 25.5 Å². The zero-order valence-electron chi connectivity index (χ0n) is 7.71. The van der Waals surface area contributed by atoms with Crippen molar-refractivity contribution in [1.82, 2.24) is 0 Å². The van der Waals surface area contributed by atoms with Crippen molar-refractivity contribution >= 4 is 17.7 Å². The van der Waals surface area contributed by atoms with Gasteiger partial charge in [0.15, 0.2) is 0 Å². The van der Waals surface area contributed by atoms with E-state index in [0.29, 0.717) is 6.61 Å². The van der Waals surface area contributed by atoms with Crippen LogP contribution in [0.4, 0.5) is 0 Å². The third-order valence-electron chi connectivity index (χ3n) is 1.34. The van der Waals surface area contributed by atoms with E-state index in [1.165, 1.54) is 0 Å². The maximum atomic E-state index is 11.2. The van der Waals surface area contributed by atoms with E-state index in [4.69, 9.17) is 4.74 Å². The molecule has 1 atom stereocenters. The standard InChI is InChI=1S/C9H16O2S/c1-4-7-12-8(5-2)9(10)11-6-3/h4,8H,1,5-7H2,2-3H3. The van der Waals surface area contributed by atoms with Crippen molar-refractivity contribution in [3.05, 3.63) is 12.7 Å². The Balaban J connectivity index is 3.78. The molecule has 0 saturated carbocycles. The van der Waals surface area contributed by atoms with E-state index in [-0.39, 0.29) is 11.2 Å². The zero-order chi connectivity index (χ0) is 9.40. The number of hydrogen-bond acceptors (Lipinski definition) is 3. The van der Waals surface area contributed by atoms with E-state index in [1.54, 1.807) is 17.8 Å². The second kappa shape index (κ2) is 7.22. The Morgan fingerprint density at radius 1 is 1.67 bits per heavy atom. The fourth-order valence-corrected chi connectivity index (χ4v) is 1.58. The van der Waals surface area contributed by atoms with Crippen LogP contribution in [0.25, 0.3) is 0 Å². The summed E-state index contributed by atoms with van der Waals surface area (Å²) in [4.78, 5) is 11.2. The second-order valence-corrected chi connectivity index (χ2v) is 3.51. The van der Waals surface area contributed by atoms with Crippen LogP contribution in [-0.2, 0) is 9.53 Å². The molecule has 0 aromatic heterocycles. The van der Waals surface area contributed by atoms with Crippen LogP contribution in [0.2, 0.25) is 0 Å². The lowest BCUT2D eigenvalue weighted by atomic mass is 10.3. The van der Waals surface area contributed by atoms with Gasteiger partial charge in [0.2, 0.25) is 0 Å². The predicted molar refractivity (Wildman–Crippen MR) is 53.4 cm³/mol. The van der Waals surface area contributed by atoms with E-state index in [1.807, 2.05) is 13.8 Å². The highest BCUT2D eigenvalue weighted by atomic mass is 32.2. The van der Waals surface area contributed by atoms with Gasteiger partial charge in [0.1, 0.15) is 5.25 Å². The van der Waals surface area contributed by atoms with Gasteiger partial charge in [0.05, 0.1) is 6.61 Å². The first kappa shape index (κ1) is 11.6. The average molecular weight is 188 g/mol. The molecule has 3 heteroatoms. The Hall–Kier alpha value is -0.440. The van der Waals surface area contributed by atoms with Crippen LogP contribution in [0.15, 0.2) is 12.7 Å². The maximum absolute atomic E-state index is 11.2. The number of carbonyl (C=O) groups excluding carboxylic acids is 1. The Kier molecular flexibility index (Phi) is 6.96. The van der Waals surface area contributed by atoms with Gasteiger partial charge in [-0.1, -0.05) is 13.0 Å². The molecule has 0 aliphatic carbocycles. The summed E-state index contributed by atoms with van der Waals surface area (Å²) in [6.45, 7) is 7.87. The highest BCUT2D eigenvalue weighted by molar-refractivity contribution is 8.00. The first-order valence-electron chi connectivity index (χ1n) is 4.15. The molecule has 0 aliphatic rings. The van der Waals surface area contributed by atoms with Gasteiger partial charge in [-0.3, -0.25) is 4.79 Å². The Morgan fingerprint density at radius 3 is 2.75 bits per heavy atom. The van der Waals surface area contributed by atoms with Crippen LogP contribution in [-0.4, -0.2) is 23.6 Å². The van der Waals surface area contributed by atoms with E-state index in [0.717, 1.165) is 12.2 Å². The van der Waals surface area contributed by atoms with Gasteiger partial charge < -0.3 is 4.74 Å². The summed E-state index contributed by atoms with van der Waals surface area (Å²) in [6, 6.07) is 0. The molecule has 0 saturated heterocycles. The van der Waals surface area contributed by atoms with Crippen molar-refractivity contribution in [2.24, 2.45) is 0 Å². The molecule has 0 heterocycles. The molecule has 12 heavy (non-hydrogen) atoms. The quantitative estimate of drug-likeness (QED) is 0.472. The summed E-state index contributed by atoms with van der Waals surface area (Å²) in [5, 5.41) is -0.0250. The summed E-state index contributed by atoms with van der Waals surface area (Å²) < 4.78 is 4.90.